The summed E-state index contributed by atoms with van der Waals surface area (Å²) in [6, 6.07) is 5.63. The van der Waals surface area contributed by atoms with Crippen molar-refractivity contribution in [2.45, 2.75) is 19.6 Å². The summed E-state index contributed by atoms with van der Waals surface area (Å²) in [7, 11) is 3.48. The summed E-state index contributed by atoms with van der Waals surface area (Å²) in [4.78, 5) is 0. The fourth-order valence-corrected chi connectivity index (χ4v) is 1.67. The minimum Gasteiger partial charge on any atom is -0.493 e. The van der Waals surface area contributed by atoms with Crippen LogP contribution in [0.25, 0.3) is 0 Å². The maximum absolute atomic E-state index is 5.84. The van der Waals surface area contributed by atoms with Crippen LogP contribution < -0.4 is 15.2 Å². The number of hydrogen-bond donors (Lipinski definition) is 1. The van der Waals surface area contributed by atoms with Crippen LogP contribution in [0, 0.1) is 0 Å². The van der Waals surface area contributed by atoms with E-state index in [1.165, 1.54) is 0 Å². The van der Waals surface area contributed by atoms with Gasteiger partial charge in [0.15, 0.2) is 17.3 Å². The van der Waals surface area contributed by atoms with Crippen LogP contribution in [0.1, 0.15) is 24.4 Å². The van der Waals surface area contributed by atoms with E-state index in [2.05, 4.69) is 10.2 Å². The lowest BCUT2D eigenvalue weighted by Crippen LogP contribution is -2.07. The smallest absolute Gasteiger partial charge is 0.170 e. The van der Waals surface area contributed by atoms with Gasteiger partial charge in [0.05, 0.1) is 7.11 Å². The molecule has 19 heavy (non-hydrogen) atoms. The summed E-state index contributed by atoms with van der Waals surface area (Å²) in [6.45, 7) is 2.26. The normalized spacial score (nSPS) is 12.2. The predicted octanol–water partition coefficient (Wildman–Crippen LogP) is 1.42. The van der Waals surface area contributed by atoms with Crippen LogP contribution in [0.5, 0.6) is 11.5 Å². The number of ether oxygens (including phenoxy) is 2. The number of nitrogens with two attached hydrogens (primary N) is 1. The molecule has 0 bridgehead atoms. The molecule has 0 saturated heterocycles. The highest BCUT2D eigenvalue weighted by molar-refractivity contribution is 5.43. The Hall–Kier alpha value is -2.08. The van der Waals surface area contributed by atoms with Gasteiger partial charge in [-0.2, -0.15) is 0 Å². The second kappa shape index (κ2) is 5.71. The molecule has 0 unspecified atom stereocenters. The van der Waals surface area contributed by atoms with E-state index < -0.39 is 0 Å². The van der Waals surface area contributed by atoms with Gasteiger partial charge in [-0.3, -0.25) is 0 Å². The van der Waals surface area contributed by atoms with Gasteiger partial charge in [-0.25, -0.2) is 0 Å². The summed E-state index contributed by atoms with van der Waals surface area (Å²) < 4.78 is 12.8. The Morgan fingerprint density at radius 3 is 2.74 bits per heavy atom. The highest BCUT2D eigenvalue weighted by Gasteiger charge is 2.09. The minimum atomic E-state index is -0.0401. The van der Waals surface area contributed by atoms with Crippen molar-refractivity contribution in [1.82, 2.24) is 14.8 Å². The number of aromatic nitrogens is 3. The molecule has 0 aliphatic heterocycles. The van der Waals surface area contributed by atoms with E-state index >= 15 is 0 Å². The quantitative estimate of drug-likeness (QED) is 0.882. The first-order valence-electron chi connectivity index (χ1n) is 6.01. The molecule has 0 aliphatic carbocycles. The second-order valence-corrected chi connectivity index (χ2v) is 4.35. The molecule has 102 valence electrons. The summed E-state index contributed by atoms with van der Waals surface area (Å²) in [5.74, 6) is 2.07. The maximum Gasteiger partial charge on any atom is 0.170 e. The topological polar surface area (TPSA) is 75.2 Å². The Balaban J connectivity index is 2.14. The molecule has 1 atom stereocenters. The highest BCUT2D eigenvalue weighted by atomic mass is 16.5. The van der Waals surface area contributed by atoms with Gasteiger partial charge in [0.25, 0.3) is 0 Å². The fraction of sp³-hybridized carbons (Fsp3) is 0.385. The van der Waals surface area contributed by atoms with Crippen LogP contribution >= 0.6 is 0 Å². The van der Waals surface area contributed by atoms with Gasteiger partial charge in [-0.05, 0) is 24.6 Å². The largest absolute Gasteiger partial charge is 0.493 e. The van der Waals surface area contributed by atoms with Crippen molar-refractivity contribution in [1.29, 1.82) is 0 Å². The lowest BCUT2D eigenvalue weighted by atomic mass is 10.1. The molecule has 0 saturated carbocycles. The van der Waals surface area contributed by atoms with E-state index in [1.807, 2.05) is 36.7 Å². The summed E-state index contributed by atoms with van der Waals surface area (Å²) in [5, 5.41) is 7.76. The Kier molecular flexibility index (Phi) is 4.01. The molecule has 0 amide bonds. The van der Waals surface area contributed by atoms with Crippen molar-refractivity contribution in [2.24, 2.45) is 12.8 Å². The zero-order valence-electron chi connectivity index (χ0n) is 11.3. The molecule has 6 heteroatoms. The second-order valence-electron chi connectivity index (χ2n) is 4.35. The van der Waals surface area contributed by atoms with E-state index in [-0.39, 0.29) is 6.04 Å². The standard InChI is InChI=1S/C13H18N4O2/c1-9(14)10-4-5-11(12(6-10)18-3)19-7-13-16-15-8-17(13)2/h4-6,8-9H,7,14H2,1-3H3/t9-/m1/s1. The van der Waals surface area contributed by atoms with E-state index in [1.54, 1.807) is 13.4 Å². The Morgan fingerprint density at radius 1 is 1.37 bits per heavy atom. The number of hydrogen-bond acceptors (Lipinski definition) is 5. The predicted molar refractivity (Wildman–Crippen MR) is 70.9 cm³/mol. The average Bonchev–Trinajstić information content (AvgIpc) is 2.81. The van der Waals surface area contributed by atoms with Crippen molar-refractivity contribution in [3.63, 3.8) is 0 Å². The highest BCUT2D eigenvalue weighted by Crippen LogP contribution is 2.30. The molecule has 0 aliphatic rings. The van der Waals surface area contributed by atoms with Crippen LogP contribution in [-0.2, 0) is 13.7 Å². The van der Waals surface area contributed by atoms with E-state index in [9.17, 15) is 0 Å². The van der Waals surface area contributed by atoms with Crippen LogP contribution in [0.15, 0.2) is 24.5 Å². The number of nitrogens with zero attached hydrogens (tertiary/aromatic N) is 3. The van der Waals surface area contributed by atoms with Gasteiger partial charge in [-0.1, -0.05) is 6.07 Å². The zero-order valence-corrected chi connectivity index (χ0v) is 11.3. The third-order valence-electron chi connectivity index (χ3n) is 2.88. The van der Waals surface area contributed by atoms with Gasteiger partial charge in [-0.15, -0.1) is 10.2 Å². The summed E-state index contributed by atoms with van der Waals surface area (Å²) in [6.07, 6.45) is 1.63. The summed E-state index contributed by atoms with van der Waals surface area (Å²) in [5.41, 5.74) is 6.84. The minimum absolute atomic E-state index is 0.0401. The van der Waals surface area contributed by atoms with Crippen LogP contribution in [0.2, 0.25) is 0 Å². The molecule has 2 rings (SSSR count). The first kappa shape index (κ1) is 13.4. The van der Waals surface area contributed by atoms with E-state index in [0.29, 0.717) is 18.1 Å². The van der Waals surface area contributed by atoms with Crippen molar-refractivity contribution < 1.29 is 9.47 Å². The SMILES string of the molecule is COc1cc([C@@H](C)N)ccc1OCc1nncn1C. The molecular formula is C13H18N4O2. The number of benzene rings is 1. The third-order valence-corrected chi connectivity index (χ3v) is 2.88. The monoisotopic (exact) mass is 262 g/mol. The molecule has 1 heterocycles. The molecule has 2 N–H and O–H groups in total. The molecule has 2 aromatic rings. The van der Waals surface area contributed by atoms with Crippen molar-refractivity contribution in [3.05, 3.63) is 35.9 Å². The van der Waals surface area contributed by atoms with E-state index in [4.69, 9.17) is 15.2 Å². The zero-order chi connectivity index (χ0) is 13.8. The molecule has 0 radical (unpaired) electrons. The summed E-state index contributed by atoms with van der Waals surface area (Å²) >= 11 is 0. The molecule has 6 nitrogen and oxygen atoms in total. The lowest BCUT2D eigenvalue weighted by molar-refractivity contribution is 0.272. The molecular weight excluding hydrogens is 244 g/mol. The average molecular weight is 262 g/mol. The van der Waals surface area contributed by atoms with E-state index in [0.717, 1.165) is 11.4 Å². The van der Waals surface area contributed by atoms with Crippen LogP contribution in [0.4, 0.5) is 0 Å². The molecule has 0 spiro atoms. The maximum atomic E-state index is 5.84. The van der Waals surface area contributed by atoms with Crippen molar-refractivity contribution in [2.75, 3.05) is 7.11 Å². The first-order valence-corrected chi connectivity index (χ1v) is 6.01. The Bertz CT molecular complexity index is 551. The molecule has 0 fully saturated rings. The van der Waals surface area contributed by atoms with Gasteiger partial charge in [0.2, 0.25) is 0 Å². The van der Waals surface area contributed by atoms with Gasteiger partial charge in [0.1, 0.15) is 12.9 Å². The van der Waals surface area contributed by atoms with Crippen LogP contribution in [-0.4, -0.2) is 21.9 Å². The number of aryl methyl sites for hydroxylation is 1. The Morgan fingerprint density at radius 2 is 2.16 bits per heavy atom. The van der Waals surface area contributed by atoms with Crippen LogP contribution in [0.3, 0.4) is 0 Å². The molecule has 1 aromatic carbocycles. The van der Waals surface area contributed by atoms with Gasteiger partial charge >= 0.3 is 0 Å². The van der Waals surface area contributed by atoms with Crippen molar-refractivity contribution in [3.8, 4) is 11.5 Å². The first-order chi connectivity index (χ1) is 9.11. The number of methoxy groups -OCH3 is 1. The van der Waals surface area contributed by atoms with Gasteiger partial charge < -0.3 is 19.8 Å². The lowest BCUT2D eigenvalue weighted by Gasteiger charge is -2.13. The fourth-order valence-electron chi connectivity index (χ4n) is 1.67. The number of rotatable bonds is 5. The van der Waals surface area contributed by atoms with Gasteiger partial charge in [0, 0.05) is 13.1 Å². The van der Waals surface area contributed by atoms with Crippen molar-refractivity contribution >= 4 is 0 Å². The molecule has 1 aromatic heterocycles. The Labute approximate surface area is 112 Å². The third kappa shape index (κ3) is 3.03.